The number of methoxy groups -OCH3 is 1. The summed E-state index contributed by atoms with van der Waals surface area (Å²) in [6.07, 6.45) is 8.09. The second-order valence-electron chi connectivity index (χ2n) is 7.53. The summed E-state index contributed by atoms with van der Waals surface area (Å²) in [5, 5.41) is 0. The molecule has 4 rings (SSSR count). The van der Waals surface area contributed by atoms with Crippen molar-refractivity contribution in [3.63, 3.8) is 0 Å². The largest absolute Gasteiger partial charge is 0.496 e. The van der Waals surface area contributed by atoms with Gasteiger partial charge in [-0.15, -0.1) is 0 Å². The Kier molecular flexibility index (Phi) is 4.38. The number of benzene rings is 1. The molecule has 3 heterocycles. The third kappa shape index (κ3) is 2.76. The van der Waals surface area contributed by atoms with E-state index in [2.05, 4.69) is 28.0 Å². The highest BCUT2D eigenvalue weighted by molar-refractivity contribution is 5.76. The number of likely N-dealkylation sites (tertiary alicyclic amines) is 1. The van der Waals surface area contributed by atoms with E-state index < -0.39 is 0 Å². The first-order chi connectivity index (χ1) is 11.8. The quantitative estimate of drug-likeness (QED) is 0.822. The van der Waals surface area contributed by atoms with Crippen molar-refractivity contribution in [1.29, 1.82) is 0 Å². The molecule has 1 aromatic rings. The number of carbonyl (C=O) groups excluding carboxylic acids is 1. The molecule has 2 amide bonds. The maximum absolute atomic E-state index is 13.0. The van der Waals surface area contributed by atoms with E-state index in [-0.39, 0.29) is 0 Å². The number of hydrogen-bond donors (Lipinski definition) is 0. The second kappa shape index (κ2) is 6.66. The molecule has 2 bridgehead atoms. The number of rotatable bonds is 2. The van der Waals surface area contributed by atoms with Crippen molar-refractivity contribution in [2.24, 2.45) is 0 Å². The SMILES string of the molecule is COc1ccccc1C1C[C@H]2CC[C@@H](C1)N2C(=O)N1CCCCC1. The smallest absolute Gasteiger partial charge is 0.320 e. The topological polar surface area (TPSA) is 32.8 Å². The molecule has 4 nitrogen and oxygen atoms in total. The van der Waals surface area contributed by atoms with Gasteiger partial charge in [0.25, 0.3) is 0 Å². The fourth-order valence-corrected chi connectivity index (χ4v) is 5.00. The average Bonchev–Trinajstić information content (AvgIpc) is 2.91. The lowest BCUT2D eigenvalue weighted by molar-refractivity contribution is 0.0988. The van der Waals surface area contributed by atoms with Crippen molar-refractivity contribution in [2.45, 2.75) is 62.9 Å². The fraction of sp³-hybridized carbons (Fsp3) is 0.650. The molecule has 3 aliphatic rings. The Hall–Kier alpha value is -1.71. The summed E-state index contributed by atoms with van der Waals surface area (Å²) in [6.45, 7) is 1.90. The van der Waals surface area contributed by atoms with E-state index >= 15 is 0 Å². The zero-order valence-electron chi connectivity index (χ0n) is 14.6. The van der Waals surface area contributed by atoms with Gasteiger partial charge in [-0.25, -0.2) is 4.79 Å². The van der Waals surface area contributed by atoms with Crippen molar-refractivity contribution in [3.05, 3.63) is 29.8 Å². The van der Waals surface area contributed by atoms with E-state index in [1.165, 1.54) is 24.8 Å². The Labute approximate surface area is 144 Å². The highest BCUT2D eigenvalue weighted by Gasteiger charge is 2.45. The van der Waals surface area contributed by atoms with Crippen molar-refractivity contribution in [2.75, 3.05) is 20.2 Å². The number of ether oxygens (including phenoxy) is 1. The molecule has 24 heavy (non-hydrogen) atoms. The number of nitrogens with zero attached hydrogens (tertiary/aromatic N) is 2. The second-order valence-corrected chi connectivity index (χ2v) is 7.53. The summed E-state index contributed by atoms with van der Waals surface area (Å²) in [6, 6.07) is 9.52. The Bertz CT molecular complexity index is 583. The van der Waals surface area contributed by atoms with E-state index in [4.69, 9.17) is 4.74 Å². The van der Waals surface area contributed by atoms with E-state index in [1.807, 2.05) is 6.07 Å². The van der Waals surface area contributed by atoms with Gasteiger partial charge in [0.15, 0.2) is 0 Å². The van der Waals surface area contributed by atoms with Gasteiger partial charge in [0.05, 0.1) is 7.11 Å². The van der Waals surface area contributed by atoms with Crippen LogP contribution in [0.15, 0.2) is 24.3 Å². The molecule has 0 saturated carbocycles. The highest BCUT2D eigenvalue weighted by atomic mass is 16.5. The number of urea groups is 1. The van der Waals surface area contributed by atoms with Crippen LogP contribution in [0.3, 0.4) is 0 Å². The van der Waals surface area contributed by atoms with Crippen LogP contribution in [0, 0.1) is 0 Å². The van der Waals surface area contributed by atoms with Crippen LogP contribution in [-0.2, 0) is 0 Å². The Morgan fingerprint density at radius 2 is 1.71 bits per heavy atom. The zero-order valence-corrected chi connectivity index (χ0v) is 14.6. The van der Waals surface area contributed by atoms with Crippen LogP contribution in [0.5, 0.6) is 5.75 Å². The van der Waals surface area contributed by atoms with Gasteiger partial charge < -0.3 is 14.5 Å². The van der Waals surface area contributed by atoms with Crippen LogP contribution < -0.4 is 4.74 Å². The van der Waals surface area contributed by atoms with Gasteiger partial charge in [-0.05, 0) is 62.5 Å². The molecule has 0 aliphatic carbocycles. The number of piperidine rings is 2. The average molecular weight is 328 g/mol. The lowest BCUT2D eigenvalue weighted by atomic mass is 9.84. The first kappa shape index (κ1) is 15.8. The predicted octanol–water partition coefficient (Wildman–Crippen LogP) is 4.01. The van der Waals surface area contributed by atoms with Crippen LogP contribution in [-0.4, -0.2) is 48.1 Å². The minimum atomic E-state index is 0.306. The standard InChI is InChI=1S/C20H28N2O2/c1-24-19-8-4-3-7-18(19)15-13-16-9-10-17(14-15)22(16)20(23)21-11-5-2-6-12-21/h3-4,7-8,15-17H,2,5-6,9-14H2,1H3/t15?,16-,17+. The number of para-hydroxylation sites is 1. The summed E-state index contributed by atoms with van der Waals surface area (Å²) in [7, 11) is 1.75. The van der Waals surface area contributed by atoms with E-state index in [0.29, 0.717) is 24.0 Å². The molecule has 1 aromatic carbocycles. The molecule has 3 fully saturated rings. The minimum absolute atomic E-state index is 0.306. The van der Waals surface area contributed by atoms with Crippen LogP contribution in [0.2, 0.25) is 0 Å². The van der Waals surface area contributed by atoms with E-state index in [0.717, 1.165) is 44.5 Å². The summed E-state index contributed by atoms with van der Waals surface area (Å²) >= 11 is 0. The molecule has 4 heteroatoms. The molecule has 0 spiro atoms. The molecule has 0 aromatic heterocycles. The molecular weight excluding hydrogens is 300 g/mol. The predicted molar refractivity (Wildman–Crippen MR) is 94.4 cm³/mol. The lowest BCUT2D eigenvalue weighted by Gasteiger charge is -2.42. The minimum Gasteiger partial charge on any atom is -0.496 e. The molecule has 1 unspecified atom stereocenters. The molecule has 3 atom stereocenters. The van der Waals surface area contributed by atoms with Gasteiger partial charge >= 0.3 is 6.03 Å². The molecule has 0 N–H and O–H groups in total. The Balaban J connectivity index is 1.50. The summed E-state index contributed by atoms with van der Waals surface area (Å²) < 4.78 is 5.57. The van der Waals surface area contributed by atoms with Crippen molar-refractivity contribution < 1.29 is 9.53 Å². The van der Waals surface area contributed by atoms with Crippen molar-refractivity contribution in [3.8, 4) is 5.75 Å². The van der Waals surface area contributed by atoms with Gasteiger partial charge in [-0.2, -0.15) is 0 Å². The maximum Gasteiger partial charge on any atom is 0.320 e. The monoisotopic (exact) mass is 328 g/mol. The van der Waals surface area contributed by atoms with Gasteiger partial charge in [-0.1, -0.05) is 18.2 Å². The summed E-state index contributed by atoms with van der Waals surface area (Å²) in [5.74, 6) is 1.52. The van der Waals surface area contributed by atoms with E-state index in [9.17, 15) is 4.79 Å². The first-order valence-corrected chi connectivity index (χ1v) is 9.48. The third-order valence-electron chi connectivity index (χ3n) is 6.16. The number of fused-ring (bicyclic) bond motifs is 2. The number of hydrogen-bond acceptors (Lipinski definition) is 2. The van der Waals surface area contributed by atoms with E-state index in [1.54, 1.807) is 7.11 Å². The third-order valence-corrected chi connectivity index (χ3v) is 6.16. The zero-order chi connectivity index (χ0) is 16.5. The highest BCUT2D eigenvalue weighted by Crippen LogP contribution is 2.45. The summed E-state index contributed by atoms with van der Waals surface area (Å²) in [5.41, 5.74) is 1.32. The maximum atomic E-state index is 13.0. The molecular formula is C20H28N2O2. The van der Waals surface area contributed by atoms with Crippen molar-refractivity contribution >= 4 is 6.03 Å². The van der Waals surface area contributed by atoms with Gasteiger partial charge in [0.1, 0.15) is 5.75 Å². The Morgan fingerprint density at radius 3 is 2.38 bits per heavy atom. The number of carbonyl (C=O) groups is 1. The fourth-order valence-electron chi connectivity index (χ4n) is 5.00. The Morgan fingerprint density at radius 1 is 1.04 bits per heavy atom. The number of amides is 2. The normalized spacial score (nSPS) is 29.6. The van der Waals surface area contributed by atoms with Crippen LogP contribution in [0.1, 0.15) is 56.4 Å². The first-order valence-electron chi connectivity index (χ1n) is 9.48. The van der Waals surface area contributed by atoms with Gasteiger partial charge in [0, 0.05) is 25.2 Å². The molecule has 3 aliphatic heterocycles. The summed E-state index contributed by atoms with van der Waals surface area (Å²) in [4.78, 5) is 17.3. The molecule has 3 saturated heterocycles. The van der Waals surface area contributed by atoms with Crippen LogP contribution >= 0.6 is 0 Å². The lowest BCUT2D eigenvalue weighted by Crippen LogP contribution is -2.53. The van der Waals surface area contributed by atoms with Crippen LogP contribution in [0.25, 0.3) is 0 Å². The molecule has 130 valence electrons. The van der Waals surface area contributed by atoms with Crippen molar-refractivity contribution in [1.82, 2.24) is 9.80 Å². The van der Waals surface area contributed by atoms with Crippen LogP contribution in [0.4, 0.5) is 4.79 Å². The van der Waals surface area contributed by atoms with Gasteiger partial charge in [0.2, 0.25) is 0 Å². The molecule has 0 radical (unpaired) electrons. The van der Waals surface area contributed by atoms with Gasteiger partial charge in [-0.3, -0.25) is 0 Å².